The molecule has 0 N–H and O–H groups in total. The highest BCUT2D eigenvalue weighted by Crippen LogP contribution is 2.50. The Labute approximate surface area is 247 Å². The molecule has 0 amide bonds. The van der Waals surface area contributed by atoms with Crippen molar-refractivity contribution in [1.29, 1.82) is 0 Å². The molecule has 0 atom stereocenters. The summed E-state index contributed by atoms with van der Waals surface area (Å²) in [5.74, 6) is 0.923. The van der Waals surface area contributed by atoms with Crippen molar-refractivity contribution in [2.45, 2.75) is 85.2 Å². The van der Waals surface area contributed by atoms with Crippen molar-refractivity contribution in [1.82, 2.24) is 0 Å². The summed E-state index contributed by atoms with van der Waals surface area (Å²) in [6.45, 7) is 18.3. The van der Waals surface area contributed by atoms with E-state index in [0.29, 0.717) is 23.9 Å². The Morgan fingerprint density at radius 1 is 0.952 bits per heavy atom. The van der Waals surface area contributed by atoms with Crippen LogP contribution in [0.5, 0.6) is 0 Å². The molecule has 0 aliphatic carbocycles. The van der Waals surface area contributed by atoms with Crippen LogP contribution in [0, 0.1) is 22.0 Å². The fraction of sp³-hybridized carbons (Fsp3) is 0.500. The first-order valence-corrected chi connectivity index (χ1v) is 14.8. The largest absolute Gasteiger partial charge is 0.416 e. The number of nitro groups is 1. The lowest BCUT2D eigenvalue weighted by atomic mass is 9.81. The highest BCUT2D eigenvalue weighted by Gasteiger charge is 2.46. The van der Waals surface area contributed by atoms with Gasteiger partial charge in [0.15, 0.2) is 5.71 Å². The third kappa shape index (κ3) is 5.90. The smallest absolute Gasteiger partial charge is 0.344 e. The second kappa shape index (κ2) is 11.3. The number of halogens is 3. The van der Waals surface area contributed by atoms with Crippen LogP contribution in [-0.2, 0) is 17.0 Å². The van der Waals surface area contributed by atoms with E-state index in [1.165, 1.54) is 12.1 Å². The minimum absolute atomic E-state index is 0.0717. The average Bonchev–Trinajstić information content (AvgIpc) is 3.23. The number of rotatable bonds is 9. The van der Waals surface area contributed by atoms with Gasteiger partial charge in [0.05, 0.1) is 15.9 Å². The monoisotopic (exact) mass is 582 g/mol. The third-order valence-corrected chi connectivity index (χ3v) is 8.67. The van der Waals surface area contributed by atoms with E-state index in [1.807, 2.05) is 32.1 Å². The van der Waals surface area contributed by atoms with Crippen LogP contribution in [0.1, 0.15) is 84.9 Å². The zero-order valence-corrected chi connectivity index (χ0v) is 26.0. The number of allylic oxidation sites excluding steroid dienone is 4. The Kier molecular flexibility index (Phi) is 8.51. The minimum atomic E-state index is -4.41. The van der Waals surface area contributed by atoms with Crippen LogP contribution in [0.3, 0.4) is 0 Å². The highest BCUT2D eigenvalue weighted by molar-refractivity contribution is 6.03. The molecule has 0 bridgehead atoms. The number of nitro benzene ring substituents is 1. The van der Waals surface area contributed by atoms with E-state index >= 15 is 0 Å². The second-order valence-electron chi connectivity index (χ2n) is 13.4. The summed E-state index contributed by atoms with van der Waals surface area (Å²) in [5, 5.41) is 11.6. The molecule has 2 aliphatic heterocycles. The van der Waals surface area contributed by atoms with Crippen molar-refractivity contribution in [3.05, 3.63) is 87.1 Å². The normalized spacial score (nSPS) is 18.6. The molecule has 2 heterocycles. The maximum Gasteiger partial charge on any atom is 0.416 e. The van der Waals surface area contributed by atoms with Crippen LogP contribution in [0.15, 0.2) is 60.3 Å². The lowest BCUT2D eigenvalue weighted by Crippen LogP contribution is -2.29. The molecular weight excluding hydrogens is 539 g/mol. The molecule has 8 heteroatoms. The molecule has 2 aliphatic rings. The number of hydrogen-bond donors (Lipinski definition) is 0. The molecular formula is C34H43F3N3O2+. The van der Waals surface area contributed by atoms with Gasteiger partial charge in [0.25, 0.3) is 5.69 Å². The van der Waals surface area contributed by atoms with Crippen LogP contribution in [0.4, 0.5) is 30.2 Å². The van der Waals surface area contributed by atoms with Gasteiger partial charge in [-0.3, -0.25) is 10.1 Å². The molecule has 0 aromatic heterocycles. The van der Waals surface area contributed by atoms with Gasteiger partial charge in [-0.25, -0.2) is 0 Å². The maximum atomic E-state index is 13.7. The fourth-order valence-corrected chi connectivity index (χ4v) is 6.12. The fourth-order valence-electron chi connectivity index (χ4n) is 6.12. The summed E-state index contributed by atoms with van der Waals surface area (Å²) in [6.07, 6.45) is 3.55. The molecule has 42 heavy (non-hydrogen) atoms. The van der Waals surface area contributed by atoms with Gasteiger partial charge in [0, 0.05) is 59.6 Å². The summed E-state index contributed by atoms with van der Waals surface area (Å²) < 4.78 is 43.2. The summed E-state index contributed by atoms with van der Waals surface area (Å²) >= 11 is 0. The van der Waals surface area contributed by atoms with Crippen molar-refractivity contribution < 1.29 is 22.7 Å². The third-order valence-electron chi connectivity index (χ3n) is 8.67. The molecule has 2 aromatic carbocycles. The predicted molar refractivity (Wildman–Crippen MR) is 164 cm³/mol. The van der Waals surface area contributed by atoms with Gasteiger partial charge in [-0.2, -0.15) is 17.7 Å². The zero-order valence-electron chi connectivity index (χ0n) is 26.0. The molecule has 5 nitrogen and oxygen atoms in total. The predicted octanol–water partition coefficient (Wildman–Crippen LogP) is 9.32. The Bertz CT molecular complexity index is 1460. The quantitative estimate of drug-likeness (QED) is 0.168. The van der Waals surface area contributed by atoms with Gasteiger partial charge in [0.1, 0.15) is 6.54 Å². The Hall–Kier alpha value is -3.42. The molecule has 0 saturated carbocycles. The first-order valence-electron chi connectivity index (χ1n) is 14.8. The van der Waals surface area contributed by atoms with Crippen molar-refractivity contribution >= 4 is 22.8 Å². The first-order chi connectivity index (χ1) is 19.5. The zero-order chi connectivity index (χ0) is 31.2. The first kappa shape index (κ1) is 31.5. The van der Waals surface area contributed by atoms with Crippen LogP contribution >= 0.6 is 0 Å². The topological polar surface area (TPSA) is 49.4 Å². The van der Waals surface area contributed by atoms with Crippen molar-refractivity contribution in [2.75, 3.05) is 18.0 Å². The van der Waals surface area contributed by atoms with E-state index in [4.69, 9.17) is 0 Å². The number of alkyl halides is 3. The average molecular weight is 583 g/mol. The van der Waals surface area contributed by atoms with Crippen LogP contribution in [-0.4, -0.2) is 28.3 Å². The Balaban J connectivity index is 1.80. The van der Waals surface area contributed by atoms with Crippen molar-refractivity contribution in [3.63, 3.8) is 0 Å². The molecule has 226 valence electrons. The van der Waals surface area contributed by atoms with Gasteiger partial charge < -0.3 is 4.90 Å². The summed E-state index contributed by atoms with van der Waals surface area (Å²) in [4.78, 5) is 13.4. The van der Waals surface area contributed by atoms with E-state index in [-0.39, 0.29) is 10.6 Å². The Morgan fingerprint density at radius 2 is 1.62 bits per heavy atom. The van der Waals surface area contributed by atoms with Gasteiger partial charge >= 0.3 is 6.18 Å². The van der Waals surface area contributed by atoms with Crippen LogP contribution in [0.2, 0.25) is 0 Å². The molecule has 4 rings (SSSR count). The summed E-state index contributed by atoms with van der Waals surface area (Å²) in [7, 11) is 0. The number of benzene rings is 2. The number of hydrogen-bond acceptors (Lipinski definition) is 3. The van der Waals surface area contributed by atoms with E-state index in [2.05, 4.69) is 57.1 Å². The number of non-ortho nitro benzene ring substituents is 1. The number of anilines is 1. The van der Waals surface area contributed by atoms with Crippen LogP contribution < -0.4 is 4.90 Å². The highest BCUT2D eigenvalue weighted by atomic mass is 19.4. The molecule has 0 spiro atoms. The number of fused-ring (bicyclic) bond motifs is 2. The van der Waals surface area contributed by atoms with E-state index in [1.54, 1.807) is 18.2 Å². The Morgan fingerprint density at radius 3 is 2.21 bits per heavy atom. The lowest BCUT2D eigenvalue weighted by molar-refractivity contribution is -0.439. The minimum Gasteiger partial charge on any atom is -0.344 e. The van der Waals surface area contributed by atoms with Gasteiger partial charge in [0.2, 0.25) is 5.69 Å². The van der Waals surface area contributed by atoms with Gasteiger partial charge in [-0.05, 0) is 61.9 Å². The van der Waals surface area contributed by atoms with Crippen molar-refractivity contribution in [3.8, 4) is 0 Å². The standard InChI is InChI=1S/C34H43F3N3O2/c1-22(2)16-18-38-28-14-12-24(34(35,36)37)20-26(28)32(5,6)30(38)10-9-11-31-33(7,8)27-21-25(40(41)42)13-15-29(27)39(31)19-17-23(3)4/h9-15,20-23H,16-19H2,1-8H3/q+1. The molecule has 2 aromatic rings. The van der Waals surface area contributed by atoms with Gasteiger partial charge in [-0.15, -0.1) is 0 Å². The molecule has 0 radical (unpaired) electrons. The maximum absolute atomic E-state index is 13.7. The molecule has 0 saturated heterocycles. The van der Waals surface area contributed by atoms with Gasteiger partial charge in [-0.1, -0.05) is 47.6 Å². The van der Waals surface area contributed by atoms with Crippen molar-refractivity contribution in [2.24, 2.45) is 11.8 Å². The van der Waals surface area contributed by atoms with E-state index in [9.17, 15) is 23.3 Å². The van der Waals surface area contributed by atoms with E-state index < -0.39 is 22.6 Å². The lowest BCUT2D eigenvalue weighted by Gasteiger charge is -2.27. The van der Waals surface area contributed by atoms with E-state index in [0.717, 1.165) is 47.7 Å². The molecule has 0 unspecified atom stereocenters. The number of nitrogens with zero attached hydrogens (tertiary/aromatic N) is 3. The molecule has 0 fully saturated rings. The summed E-state index contributed by atoms with van der Waals surface area (Å²) in [5.41, 5.74) is 3.71. The summed E-state index contributed by atoms with van der Waals surface area (Å²) in [6, 6.07) is 9.17. The second-order valence-corrected chi connectivity index (χ2v) is 13.4. The van der Waals surface area contributed by atoms with Crippen LogP contribution in [0.25, 0.3) is 0 Å². The SMILES string of the molecule is CC(C)CCN1/C(=C/C=C/C2=[N+](CCC(C)C)c3ccc([N+](=O)[O-])cc3C2(C)C)C(C)(C)c2cc(C(F)(F)F)ccc21.